The van der Waals surface area contributed by atoms with Gasteiger partial charge in [-0.05, 0) is 19.3 Å². The summed E-state index contributed by atoms with van der Waals surface area (Å²) in [6.45, 7) is 1.93. The molecule has 1 aliphatic carbocycles. The molecule has 18 heavy (non-hydrogen) atoms. The predicted molar refractivity (Wildman–Crippen MR) is 62.1 cm³/mol. The summed E-state index contributed by atoms with van der Waals surface area (Å²) in [4.78, 5) is 15.9. The molecule has 100 valence electrons. The topological polar surface area (TPSA) is 44.1 Å². The molecule has 0 N–H and O–H groups in total. The van der Waals surface area contributed by atoms with Crippen molar-refractivity contribution < 1.29 is 13.5 Å². The van der Waals surface area contributed by atoms with E-state index >= 15 is 0 Å². The van der Waals surface area contributed by atoms with Gasteiger partial charge in [-0.25, -0.2) is 13.8 Å². The van der Waals surface area contributed by atoms with Crippen LogP contribution in [0.2, 0.25) is 0 Å². The summed E-state index contributed by atoms with van der Waals surface area (Å²) in [6, 6.07) is 1.57. The number of rotatable bonds is 3. The molecule has 0 bridgehead atoms. The maximum atomic E-state index is 13.1. The number of aromatic nitrogens is 2. The van der Waals surface area contributed by atoms with Crippen molar-refractivity contribution in [1.82, 2.24) is 9.55 Å². The van der Waals surface area contributed by atoms with E-state index in [1.54, 1.807) is 6.92 Å². The molecule has 0 aromatic carbocycles. The molecule has 0 aliphatic heterocycles. The Balaban J connectivity index is 2.22. The molecular weight excluding hydrogens is 242 g/mol. The zero-order valence-electron chi connectivity index (χ0n) is 10.4. The normalized spacial score (nSPS) is 22.1. The molecule has 0 spiro atoms. The second kappa shape index (κ2) is 4.66. The van der Waals surface area contributed by atoms with Crippen LogP contribution in [0.15, 0.2) is 10.9 Å². The van der Waals surface area contributed by atoms with Gasteiger partial charge in [0.15, 0.2) is 0 Å². The SMILES string of the molecule is COc1nc(C)cc(=O)n1CC1CCC(F)(F)C1. The number of hydrogen-bond acceptors (Lipinski definition) is 3. The highest BCUT2D eigenvalue weighted by Gasteiger charge is 2.39. The summed E-state index contributed by atoms with van der Waals surface area (Å²) in [7, 11) is 1.42. The van der Waals surface area contributed by atoms with Crippen LogP contribution in [0.5, 0.6) is 6.01 Å². The minimum absolute atomic E-state index is 0.103. The Morgan fingerprint density at radius 2 is 2.33 bits per heavy atom. The number of alkyl halides is 2. The van der Waals surface area contributed by atoms with E-state index in [0.717, 1.165) is 0 Å². The zero-order chi connectivity index (χ0) is 13.3. The minimum atomic E-state index is -2.60. The van der Waals surface area contributed by atoms with E-state index < -0.39 is 5.92 Å². The Labute approximate surface area is 104 Å². The van der Waals surface area contributed by atoms with E-state index in [1.807, 2.05) is 0 Å². The number of hydrogen-bond donors (Lipinski definition) is 0. The first-order valence-corrected chi connectivity index (χ1v) is 5.91. The van der Waals surface area contributed by atoms with Gasteiger partial charge >= 0.3 is 0 Å². The third kappa shape index (κ3) is 2.68. The third-order valence-electron chi connectivity index (χ3n) is 3.23. The number of aryl methyl sites for hydroxylation is 1. The maximum Gasteiger partial charge on any atom is 0.299 e. The molecule has 0 saturated heterocycles. The molecule has 1 aromatic heterocycles. The lowest BCUT2D eigenvalue weighted by molar-refractivity contribution is 0.00420. The highest BCUT2D eigenvalue weighted by Crippen LogP contribution is 2.39. The lowest BCUT2D eigenvalue weighted by atomic mass is 10.1. The molecule has 1 unspecified atom stereocenters. The van der Waals surface area contributed by atoms with E-state index in [-0.39, 0.29) is 36.9 Å². The quantitative estimate of drug-likeness (QED) is 0.832. The van der Waals surface area contributed by atoms with Crippen molar-refractivity contribution in [1.29, 1.82) is 0 Å². The summed E-state index contributed by atoms with van der Waals surface area (Å²) in [5.41, 5.74) is 0.305. The van der Waals surface area contributed by atoms with Gasteiger partial charge in [0.2, 0.25) is 5.92 Å². The van der Waals surface area contributed by atoms with E-state index in [9.17, 15) is 13.6 Å². The first-order chi connectivity index (χ1) is 8.41. The van der Waals surface area contributed by atoms with Crippen LogP contribution >= 0.6 is 0 Å². The fraction of sp³-hybridized carbons (Fsp3) is 0.667. The third-order valence-corrected chi connectivity index (χ3v) is 3.23. The molecule has 2 rings (SSSR count). The average molecular weight is 258 g/mol. The molecule has 1 fully saturated rings. The van der Waals surface area contributed by atoms with Crippen LogP contribution in [0, 0.1) is 12.8 Å². The van der Waals surface area contributed by atoms with Gasteiger partial charge in [-0.2, -0.15) is 0 Å². The summed E-state index contributed by atoms with van der Waals surface area (Å²) >= 11 is 0. The average Bonchev–Trinajstić information content (AvgIpc) is 2.61. The summed E-state index contributed by atoms with van der Waals surface area (Å²) in [6.07, 6.45) is 0.154. The van der Waals surface area contributed by atoms with Crippen molar-refractivity contribution in [2.24, 2.45) is 5.92 Å². The fourth-order valence-electron chi connectivity index (χ4n) is 2.37. The second-order valence-corrected chi connectivity index (χ2v) is 4.80. The van der Waals surface area contributed by atoms with Crippen molar-refractivity contribution in [3.63, 3.8) is 0 Å². The van der Waals surface area contributed by atoms with Gasteiger partial charge < -0.3 is 4.74 Å². The van der Waals surface area contributed by atoms with Gasteiger partial charge in [0.1, 0.15) is 0 Å². The number of methoxy groups -OCH3 is 1. The standard InChI is InChI=1S/C12H16F2N2O2/c1-8-5-10(17)16(11(15-8)18-2)7-9-3-4-12(13,14)6-9/h5,9H,3-4,6-7H2,1-2H3. The Kier molecular flexibility index (Phi) is 3.36. The van der Waals surface area contributed by atoms with Crippen LogP contribution in [0.4, 0.5) is 8.78 Å². The van der Waals surface area contributed by atoms with Crippen molar-refractivity contribution in [2.45, 2.75) is 38.7 Å². The Morgan fingerprint density at radius 1 is 1.61 bits per heavy atom. The largest absolute Gasteiger partial charge is 0.468 e. The van der Waals surface area contributed by atoms with Crippen molar-refractivity contribution in [3.8, 4) is 6.01 Å². The number of ether oxygens (including phenoxy) is 1. The van der Waals surface area contributed by atoms with E-state index in [0.29, 0.717) is 12.1 Å². The minimum Gasteiger partial charge on any atom is -0.468 e. The van der Waals surface area contributed by atoms with Crippen molar-refractivity contribution >= 4 is 0 Å². The molecule has 1 heterocycles. The van der Waals surface area contributed by atoms with Crippen LogP contribution in [-0.4, -0.2) is 22.6 Å². The Bertz CT molecular complexity index is 499. The van der Waals surface area contributed by atoms with Gasteiger partial charge in [0.05, 0.1) is 7.11 Å². The highest BCUT2D eigenvalue weighted by molar-refractivity contribution is 5.07. The molecule has 4 nitrogen and oxygen atoms in total. The monoisotopic (exact) mass is 258 g/mol. The van der Waals surface area contributed by atoms with Gasteiger partial charge in [-0.3, -0.25) is 9.36 Å². The highest BCUT2D eigenvalue weighted by atomic mass is 19.3. The molecule has 1 atom stereocenters. The van der Waals surface area contributed by atoms with E-state index in [4.69, 9.17) is 4.74 Å². The van der Waals surface area contributed by atoms with Crippen LogP contribution in [0.1, 0.15) is 25.0 Å². The second-order valence-electron chi connectivity index (χ2n) is 4.80. The summed E-state index contributed by atoms with van der Waals surface area (Å²) in [5, 5.41) is 0. The van der Waals surface area contributed by atoms with Gasteiger partial charge in [0, 0.05) is 31.1 Å². The lowest BCUT2D eigenvalue weighted by Crippen LogP contribution is -2.26. The molecule has 6 heteroatoms. The van der Waals surface area contributed by atoms with Crippen molar-refractivity contribution in [2.75, 3.05) is 7.11 Å². The van der Waals surface area contributed by atoms with Gasteiger partial charge in [-0.1, -0.05) is 0 Å². The Hall–Kier alpha value is -1.46. The van der Waals surface area contributed by atoms with Crippen LogP contribution in [0.3, 0.4) is 0 Å². The molecule has 0 radical (unpaired) electrons. The molecule has 1 aliphatic rings. The maximum absolute atomic E-state index is 13.1. The van der Waals surface area contributed by atoms with Crippen LogP contribution < -0.4 is 10.3 Å². The number of halogens is 2. The van der Waals surface area contributed by atoms with Gasteiger partial charge in [0.25, 0.3) is 11.6 Å². The van der Waals surface area contributed by atoms with E-state index in [2.05, 4.69) is 4.98 Å². The number of nitrogens with zero attached hydrogens (tertiary/aromatic N) is 2. The summed E-state index contributed by atoms with van der Waals surface area (Å²) < 4.78 is 32.6. The smallest absolute Gasteiger partial charge is 0.299 e. The van der Waals surface area contributed by atoms with Crippen LogP contribution in [-0.2, 0) is 6.54 Å². The van der Waals surface area contributed by atoms with E-state index in [1.165, 1.54) is 17.7 Å². The summed E-state index contributed by atoms with van der Waals surface area (Å²) in [5.74, 6) is -2.80. The molecular formula is C12H16F2N2O2. The molecule has 0 amide bonds. The first kappa shape index (κ1) is 13.0. The van der Waals surface area contributed by atoms with Crippen LogP contribution in [0.25, 0.3) is 0 Å². The first-order valence-electron chi connectivity index (χ1n) is 5.91. The Morgan fingerprint density at radius 3 is 2.89 bits per heavy atom. The molecule has 1 saturated carbocycles. The fourth-order valence-corrected chi connectivity index (χ4v) is 2.37. The van der Waals surface area contributed by atoms with Crippen molar-refractivity contribution in [3.05, 3.63) is 22.1 Å². The molecule has 1 aromatic rings. The van der Waals surface area contributed by atoms with Gasteiger partial charge in [-0.15, -0.1) is 0 Å². The zero-order valence-corrected chi connectivity index (χ0v) is 10.4. The predicted octanol–water partition coefficient (Wildman–Crippen LogP) is 2.00. The lowest BCUT2D eigenvalue weighted by Gasteiger charge is -2.15.